The highest BCUT2D eigenvalue weighted by atomic mass is 79.9. The van der Waals surface area contributed by atoms with Crippen LogP contribution in [0.3, 0.4) is 0 Å². The quantitative estimate of drug-likeness (QED) is 0.814. The standard InChI is InChI=1S/C16H23BrN2O2/c1-10-9-11(7-8-12(10)17)18-13(20)16(5,6)14(21)19-15(2,3)4/h7-9H,1-6H3,(H,18,20)(H,19,21). The number of aryl methyl sites for hydroxylation is 1. The molecule has 1 aromatic rings. The Bertz CT molecular complexity index is 560. The number of anilines is 1. The SMILES string of the molecule is Cc1cc(NC(=O)C(C)(C)C(=O)NC(C)(C)C)ccc1Br. The Balaban J connectivity index is 2.86. The summed E-state index contributed by atoms with van der Waals surface area (Å²) in [6.07, 6.45) is 0. The normalized spacial score (nSPS) is 12.0. The van der Waals surface area contributed by atoms with Crippen molar-refractivity contribution in [3.8, 4) is 0 Å². The molecule has 0 fully saturated rings. The van der Waals surface area contributed by atoms with Gasteiger partial charge in [-0.25, -0.2) is 0 Å². The Kier molecular flexibility index (Phi) is 5.20. The second kappa shape index (κ2) is 6.18. The summed E-state index contributed by atoms with van der Waals surface area (Å²) in [5.74, 6) is -0.618. The minimum absolute atomic E-state index is 0.290. The van der Waals surface area contributed by atoms with E-state index >= 15 is 0 Å². The van der Waals surface area contributed by atoms with Gasteiger partial charge in [0.05, 0.1) is 0 Å². The van der Waals surface area contributed by atoms with Crippen molar-refractivity contribution in [2.45, 2.75) is 47.1 Å². The monoisotopic (exact) mass is 354 g/mol. The van der Waals surface area contributed by atoms with Gasteiger partial charge in [0, 0.05) is 15.7 Å². The van der Waals surface area contributed by atoms with Gasteiger partial charge in [-0.1, -0.05) is 15.9 Å². The number of rotatable bonds is 3. The van der Waals surface area contributed by atoms with Gasteiger partial charge >= 0.3 is 0 Å². The van der Waals surface area contributed by atoms with E-state index in [0.29, 0.717) is 5.69 Å². The summed E-state index contributed by atoms with van der Waals surface area (Å²) < 4.78 is 0.977. The highest BCUT2D eigenvalue weighted by Crippen LogP contribution is 2.23. The predicted molar refractivity (Wildman–Crippen MR) is 89.2 cm³/mol. The molecule has 0 atom stereocenters. The van der Waals surface area contributed by atoms with Crippen molar-refractivity contribution in [3.63, 3.8) is 0 Å². The molecule has 0 aliphatic carbocycles. The van der Waals surface area contributed by atoms with Crippen LogP contribution in [0, 0.1) is 12.3 Å². The summed E-state index contributed by atoms with van der Waals surface area (Å²) >= 11 is 3.41. The van der Waals surface area contributed by atoms with E-state index < -0.39 is 5.41 Å². The average Bonchev–Trinajstić information content (AvgIpc) is 2.31. The topological polar surface area (TPSA) is 58.2 Å². The van der Waals surface area contributed by atoms with Crippen LogP contribution in [0.25, 0.3) is 0 Å². The number of hydrogen-bond donors (Lipinski definition) is 2. The number of hydrogen-bond acceptors (Lipinski definition) is 2. The maximum Gasteiger partial charge on any atom is 0.239 e. The molecule has 0 bridgehead atoms. The van der Waals surface area contributed by atoms with Gasteiger partial charge in [0.2, 0.25) is 11.8 Å². The van der Waals surface area contributed by atoms with E-state index in [4.69, 9.17) is 0 Å². The number of benzene rings is 1. The molecule has 2 amide bonds. The van der Waals surface area contributed by atoms with Crippen molar-refractivity contribution in [1.82, 2.24) is 5.32 Å². The predicted octanol–water partition coefficient (Wildman–Crippen LogP) is 3.64. The molecule has 0 radical (unpaired) electrons. The maximum absolute atomic E-state index is 12.4. The van der Waals surface area contributed by atoms with Crippen molar-refractivity contribution in [3.05, 3.63) is 28.2 Å². The Morgan fingerprint density at radius 1 is 1.05 bits per heavy atom. The lowest BCUT2D eigenvalue weighted by Crippen LogP contribution is -2.51. The molecule has 0 unspecified atom stereocenters. The molecule has 1 rings (SSSR count). The molecule has 0 aliphatic rings. The molecule has 0 saturated carbocycles. The summed E-state index contributed by atoms with van der Waals surface area (Å²) in [5, 5.41) is 5.64. The van der Waals surface area contributed by atoms with Crippen LogP contribution in [0.2, 0.25) is 0 Å². The molecule has 0 aliphatic heterocycles. The van der Waals surface area contributed by atoms with E-state index in [9.17, 15) is 9.59 Å². The molecule has 5 heteroatoms. The van der Waals surface area contributed by atoms with Gasteiger partial charge in [0.1, 0.15) is 5.41 Å². The molecule has 0 aromatic heterocycles. The van der Waals surface area contributed by atoms with Gasteiger partial charge in [-0.3, -0.25) is 9.59 Å². The van der Waals surface area contributed by atoms with Gasteiger partial charge < -0.3 is 10.6 Å². The summed E-state index contributed by atoms with van der Waals surface area (Å²) in [4.78, 5) is 24.6. The van der Waals surface area contributed by atoms with Gasteiger partial charge in [-0.2, -0.15) is 0 Å². The van der Waals surface area contributed by atoms with Gasteiger partial charge in [-0.15, -0.1) is 0 Å². The van der Waals surface area contributed by atoms with Crippen LogP contribution < -0.4 is 10.6 Å². The number of amides is 2. The fourth-order valence-corrected chi connectivity index (χ4v) is 1.86. The number of carbonyl (C=O) groups is 2. The second-order valence-corrected chi connectivity index (χ2v) is 7.60. The molecule has 0 heterocycles. The van der Waals surface area contributed by atoms with Crippen molar-refractivity contribution in [2.24, 2.45) is 5.41 Å². The second-order valence-electron chi connectivity index (χ2n) is 6.75. The molecule has 0 saturated heterocycles. The number of carbonyl (C=O) groups excluding carboxylic acids is 2. The molecule has 1 aromatic carbocycles. The summed E-state index contributed by atoms with van der Waals surface area (Å²) in [6, 6.07) is 5.53. The first kappa shape index (κ1) is 17.7. The van der Waals surface area contributed by atoms with Crippen LogP contribution in [-0.2, 0) is 9.59 Å². The van der Waals surface area contributed by atoms with E-state index in [1.165, 1.54) is 0 Å². The van der Waals surface area contributed by atoms with Crippen LogP contribution >= 0.6 is 15.9 Å². The molecular formula is C16H23BrN2O2. The zero-order valence-electron chi connectivity index (χ0n) is 13.4. The Hall–Kier alpha value is -1.36. The van der Waals surface area contributed by atoms with E-state index in [0.717, 1.165) is 10.0 Å². The molecular weight excluding hydrogens is 332 g/mol. The highest BCUT2D eigenvalue weighted by molar-refractivity contribution is 9.10. The van der Waals surface area contributed by atoms with Crippen LogP contribution in [0.1, 0.15) is 40.2 Å². The first-order valence-electron chi connectivity index (χ1n) is 6.84. The van der Waals surface area contributed by atoms with E-state index in [-0.39, 0.29) is 17.4 Å². The number of halogens is 1. The molecule has 4 nitrogen and oxygen atoms in total. The highest BCUT2D eigenvalue weighted by Gasteiger charge is 2.37. The Morgan fingerprint density at radius 3 is 2.10 bits per heavy atom. The fourth-order valence-electron chi connectivity index (χ4n) is 1.61. The fraction of sp³-hybridized carbons (Fsp3) is 0.500. The van der Waals surface area contributed by atoms with Gasteiger partial charge in [-0.05, 0) is 65.3 Å². The summed E-state index contributed by atoms with van der Waals surface area (Å²) in [7, 11) is 0. The maximum atomic E-state index is 12.4. The average molecular weight is 355 g/mol. The first-order valence-corrected chi connectivity index (χ1v) is 7.63. The van der Waals surface area contributed by atoms with Crippen molar-refractivity contribution in [2.75, 3.05) is 5.32 Å². The van der Waals surface area contributed by atoms with Crippen LogP contribution in [0.15, 0.2) is 22.7 Å². The largest absolute Gasteiger partial charge is 0.351 e. The van der Waals surface area contributed by atoms with E-state index in [1.807, 2.05) is 39.8 Å². The molecule has 2 N–H and O–H groups in total. The molecule has 0 spiro atoms. The van der Waals surface area contributed by atoms with E-state index in [2.05, 4.69) is 26.6 Å². The summed E-state index contributed by atoms with van der Waals surface area (Å²) in [6.45, 7) is 10.8. The first-order chi connectivity index (χ1) is 9.43. The minimum atomic E-state index is -1.14. The van der Waals surface area contributed by atoms with Crippen molar-refractivity contribution >= 4 is 33.4 Å². The zero-order valence-corrected chi connectivity index (χ0v) is 15.0. The Labute approximate surface area is 134 Å². The van der Waals surface area contributed by atoms with Crippen molar-refractivity contribution < 1.29 is 9.59 Å². The van der Waals surface area contributed by atoms with Gasteiger partial charge in [0.15, 0.2) is 0 Å². The lowest BCUT2D eigenvalue weighted by atomic mass is 9.89. The van der Waals surface area contributed by atoms with Crippen LogP contribution in [0.4, 0.5) is 5.69 Å². The third kappa shape index (κ3) is 4.84. The molecule has 21 heavy (non-hydrogen) atoms. The smallest absolute Gasteiger partial charge is 0.239 e. The third-order valence-corrected chi connectivity index (χ3v) is 3.93. The zero-order chi connectivity index (χ0) is 16.4. The van der Waals surface area contributed by atoms with Crippen LogP contribution in [-0.4, -0.2) is 17.4 Å². The van der Waals surface area contributed by atoms with Crippen LogP contribution in [0.5, 0.6) is 0 Å². The Morgan fingerprint density at radius 2 is 1.62 bits per heavy atom. The van der Waals surface area contributed by atoms with Crippen molar-refractivity contribution in [1.29, 1.82) is 0 Å². The third-order valence-electron chi connectivity index (χ3n) is 3.04. The van der Waals surface area contributed by atoms with E-state index in [1.54, 1.807) is 19.9 Å². The molecule has 116 valence electrons. The minimum Gasteiger partial charge on any atom is -0.351 e. The lowest BCUT2D eigenvalue weighted by Gasteiger charge is -2.28. The van der Waals surface area contributed by atoms with Gasteiger partial charge in [0.25, 0.3) is 0 Å². The summed E-state index contributed by atoms with van der Waals surface area (Å²) in [5.41, 5.74) is 0.180. The lowest BCUT2D eigenvalue weighted by molar-refractivity contribution is -0.139. The number of nitrogens with one attached hydrogen (secondary N) is 2.